The average molecular weight is 399 g/mol. The number of hydrogen-bond acceptors (Lipinski definition) is 4. The van der Waals surface area contributed by atoms with Crippen molar-refractivity contribution in [1.82, 2.24) is 9.88 Å². The molecule has 1 aromatic heterocycles. The number of amides is 2. The quantitative estimate of drug-likeness (QED) is 0.720. The first-order chi connectivity index (χ1) is 12.9. The predicted molar refractivity (Wildman–Crippen MR) is 95.7 cm³/mol. The number of aromatic nitrogens is 1. The Bertz CT molecular complexity index is 776. The van der Waals surface area contributed by atoms with Crippen LogP contribution in [0.5, 0.6) is 0 Å². The molecular weight excluding hydrogens is 375 g/mol. The van der Waals surface area contributed by atoms with Gasteiger partial charge < -0.3 is 9.64 Å². The maximum atomic E-state index is 12.9. The fourth-order valence-corrected chi connectivity index (χ4v) is 3.72. The molecular formula is C19H24F3N3O3. The van der Waals surface area contributed by atoms with Crippen LogP contribution in [0, 0.1) is 5.41 Å². The summed E-state index contributed by atoms with van der Waals surface area (Å²) in [5.74, 6) is -0.263. The van der Waals surface area contributed by atoms with Crippen molar-refractivity contribution in [2.75, 3.05) is 24.5 Å². The Morgan fingerprint density at radius 3 is 2.46 bits per heavy atom. The number of halogens is 3. The lowest BCUT2D eigenvalue weighted by atomic mass is 9.77. The van der Waals surface area contributed by atoms with E-state index < -0.39 is 23.6 Å². The van der Waals surface area contributed by atoms with Gasteiger partial charge in [0.05, 0.1) is 0 Å². The molecule has 0 aliphatic carbocycles. The van der Waals surface area contributed by atoms with Crippen molar-refractivity contribution >= 4 is 17.8 Å². The molecule has 3 rings (SSSR count). The van der Waals surface area contributed by atoms with Gasteiger partial charge in [-0.3, -0.25) is 9.69 Å². The lowest BCUT2D eigenvalue weighted by molar-refractivity contribution is -0.141. The van der Waals surface area contributed by atoms with E-state index in [4.69, 9.17) is 4.74 Å². The molecule has 1 spiro atoms. The number of hydrogen-bond donors (Lipinski definition) is 0. The third-order valence-electron chi connectivity index (χ3n) is 5.08. The van der Waals surface area contributed by atoms with Gasteiger partial charge in [-0.25, -0.2) is 9.78 Å². The second kappa shape index (κ2) is 6.93. The van der Waals surface area contributed by atoms with Gasteiger partial charge in [0.1, 0.15) is 17.1 Å². The molecule has 0 aromatic carbocycles. The van der Waals surface area contributed by atoms with Crippen molar-refractivity contribution in [2.45, 2.75) is 51.8 Å². The molecule has 2 saturated heterocycles. The standard InChI is InChI=1S/C19H24F3N3O3/c1-17(2,3)28-16(27)24-9-7-18(12-24)8-10-25(15(26)11-18)14-6-4-5-13(23-14)19(20,21)22/h4-6H,7-12H2,1-3H3. The molecule has 2 aliphatic heterocycles. The molecule has 0 radical (unpaired) electrons. The highest BCUT2D eigenvalue weighted by atomic mass is 19.4. The number of piperidine rings is 1. The van der Waals surface area contributed by atoms with E-state index in [1.54, 1.807) is 25.7 Å². The van der Waals surface area contributed by atoms with Gasteiger partial charge in [-0.15, -0.1) is 0 Å². The van der Waals surface area contributed by atoms with Gasteiger partial charge in [-0.2, -0.15) is 13.2 Å². The van der Waals surface area contributed by atoms with Gasteiger partial charge in [0.15, 0.2) is 0 Å². The number of ether oxygens (including phenoxy) is 1. The summed E-state index contributed by atoms with van der Waals surface area (Å²) in [5, 5.41) is 0. The molecule has 154 valence electrons. The normalized spacial score (nSPS) is 23.4. The van der Waals surface area contributed by atoms with Crippen LogP contribution in [-0.2, 0) is 15.7 Å². The van der Waals surface area contributed by atoms with Gasteiger partial charge in [-0.1, -0.05) is 6.07 Å². The molecule has 2 aliphatic rings. The van der Waals surface area contributed by atoms with E-state index >= 15 is 0 Å². The third-order valence-corrected chi connectivity index (χ3v) is 5.08. The highest BCUT2D eigenvalue weighted by molar-refractivity contribution is 5.93. The SMILES string of the molecule is CC(C)(C)OC(=O)N1CCC2(CCN(c3cccc(C(F)(F)F)n3)C(=O)C2)C1. The maximum absolute atomic E-state index is 12.9. The van der Waals surface area contributed by atoms with Crippen LogP contribution >= 0.6 is 0 Å². The van der Waals surface area contributed by atoms with Crippen LogP contribution in [-0.4, -0.2) is 47.1 Å². The number of likely N-dealkylation sites (tertiary alicyclic amines) is 1. The van der Waals surface area contributed by atoms with E-state index in [0.29, 0.717) is 25.9 Å². The number of rotatable bonds is 1. The lowest BCUT2D eigenvalue weighted by Crippen LogP contribution is -2.46. The molecule has 1 aromatic rings. The number of pyridine rings is 1. The predicted octanol–water partition coefficient (Wildman–Crippen LogP) is 3.85. The van der Waals surface area contributed by atoms with Crippen LogP contribution in [0.25, 0.3) is 0 Å². The summed E-state index contributed by atoms with van der Waals surface area (Å²) < 4.78 is 44.1. The van der Waals surface area contributed by atoms with E-state index in [9.17, 15) is 22.8 Å². The Hall–Kier alpha value is -2.32. The largest absolute Gasteiger partial charge is 0.444 e. The molecule has 2 fully saturated rings. The van der Waals surface area contributed by atoms with Gasteiger partial charge >= 0.3 is 12.3 Å². The fraction of sp³-hybridized carbons (Fsp3) is 0.632. The Morgan fingerprint density at radius 1 is 1.18 bits per heavy atom. The molecule has 0 bridgehead atoms. The third kappa shape index (κ3) is 4.39. The molecule has 2 amide bonds. The molecule has 6 nitrogen and oxygen atoms in total. The zero-order valence-electron chi connectivity index (χ0n) is 16.2. The van der Waals surface area contributed by atoms with Gasteiger partial charge in [0, 0.05) is 31.5 Å². The van der Waals surface area contributed by atoms with Crippen molar-refractivity contribution in [2.24, 2.45) is 5.41 Å². The molecule has 1 unspecified atom stereocenters. The first-order valence-electron chi connectivity index (χ1n) is 9.21. The number of alkyl halides is 3. The second-order valence-corrected chi connectivity index (χ2v) is 8.50. The van der Waals surface area contributed by atoms with Crippen LogP contribution in [0.4, 0.5) is 23.8 Å². The number of carbonyl (C=O) groups excluding carboxylic acids is 2. The van der Waals surface area contributed by atoms with Crippen LogP contribution in [0.2, 0.25) is 0 Å². The number of nitrogens with zero attached hydrogens (tertiary/aromatic N) is 3. The molecule has 9 heteroatoms. The molecule has 28 heavy (non-hydrogen) atoms. The average Bonchev–Trinajstić information content (AvgIpc) is 2.96. The van der Waals surface area contributed by atoms with Gasteiger partial charge in [0.2, 0.25) is 5.91 Å². The van der Waals surface area contributed by atoms with Crippen molar-refractivity contribution < 1.29 is 27.5 Å². The summed E-state index contributed by atoms with van der Waals surface area (Å²) in [6.45, 7) is 6.57. The smallest absolute Gasteiger partial charge is 0.433 e. The molecule has 1 atom stereocenters. The monoisotopic (exact) mass is 399 g/mol. The van der Waals surface area contributed by atoms with Crippen molar-refractivity contribution in [3.05, 3.63) is 23.9 Å². The first kappa shape index (κ1) is 20.4. The van der Waals surface area contributed by atoms with E-state index in [1.807, 2.05) is 0 Å². The highest BCUT2D eigenvalue weighted by Gasteiger charge is 2.46. The summed E-state index contributed by atoms with van der Waals surface area (Å²) in [6, 6.07) is 3.55. The minimum Gasteiger partial charge on any atom is -0.444 e. The van der Waals surface area contributed by atoms with Crippen molar-refractivity contribution in [3.8, 4) is 0 Å². The minimum absolute atomic E-state index is 0.0108. The summed E-state index contributed by atoms with van der Waals surface area (Å²) in [5.41, 5.74) is -1.97. The Kier molecular flexibility index (Phi) is 5.05. The van der Waals surface area contributed by atoms with Gasteiger partial charge in [0.25, 0.3) is 0 Å². The van der Waals surface area contributed by atoms with E-state index in [2.05, 4.69) is 4.98 Å². The van der Waals surface area contributed by atoms with Crippen LogP contribution < -0.4 is 4.90 Å². The highest BCUT2D eigenvalue weighted by Crippen LogP contribution is 2.42. The fourth-order valence-electron chi connectivity index (χ4n) is 3.72. The van der Waals surface area contributed by atoms with Crippen molar-refractivity contribution in [1.29, 1.82) is 0 Å². The summed E-state index contributed by atoms with van der Waals surface area (Å²) in [6.07, 6.45) is -3.53. The molecule has 0 saturated carbocycles. The summed E-state index contributed by atoms with van der Waals surface area (Å²) >= 11 is 0. The molecule has 3 heterocycles. The van der Waals surface area contributed by atoms with E-state index in [1.165, 1.54) is 17.0 Å². The summed E-state index contributed by atoms with van der Waals surface area (Å²) in [4.78, 5) is 31.5. The Morgan fingerprint density at radius 2 is 1.86 bits per heavy atom. The summed E-state index contributed by atoms with van der Waals surface area (Å²) in [7, 11) is 0. The zero-order valence-corrected chi connectivity index (χ0v) is 16.2. The van der Waals surface area contributed by atoms with Crippen LogP contribution in [0.15, 0.2) is 18.2 Å². The van der Waals surface area contributed by atoms with E-state index in [0.717, 1.165) is 6.07 Å². The Labute approximate surface area is 161 Å². The first-order valence-corrected chi connectivity index (χ1v) is 9.21. The number of anilines is 1. The van der Waals surface area contributed by atoms with Gasteiger partial charge in [-0.05, 0) is 45.7 Å². The number of carbonyl (C=O) groups is 2. The Balaban J connectivity index is 1.68. The minimum atomic E-state index is -4.56. The zero-order chi connectivity index (χ0) is 20.7. The van der Waals surface area contributed by atoms with Crippen LogP contribution in [0.1, 0.15) is 45.7 Å². The van der Waals surface area contributed by atoms with E-state index in [-0.39, 0.29) is 30.1 Å². The lowest BCUT2D eigenvalue weighted by Gasteiger charge is -2.38. The topological polar surface area (TPSA) is 62.7 Å². The molecule has 0 N–H and O–H groups in total. The maximum Gasteiger partial charge on any atom is 0.433 e. The van der Waals surface area contributed by atoms with Crippen molar-refractivity contribution in [3.63, 3.8) is 0 Å². The second-order valence-electron chi connectivity index (χ2n) is 8.50. The van der Waals surface area contributed by atoms with Crippen LogP contribution in [0.3, 0.4) is 0 Å².